The minimum absolute atomic E-state index is 0.0456. The lowest BCUT2D eigenvalue weighted by Crippen LogP contribution is -2.04. The van der Waals surface area contributed by atoms with Crippen molar-refractivity contribution in [3.8, 4) is 11.3 Å². The number of methoxy groups -OCH3 is 1. The van der Waals surface area contributed by atoms with Crippen LogP contribution >= 0.6 is 0 Å². The van der Waals surface area contributed by atoms with Crippen molar-refractivity contribution in [1.82, 2.24) is 0 Å². The zero-order valence-electron chi connectivity index (χ0n) is 9.48. The number of halogens is 1. The number of furan rings is 1. The Morgan fingerprint density at radius 1 is 1.33 bits per heavy atom. The van der Waals surface area contributed by atoms with E-state index in [4.69, 9.17) is 4.42 Å². The first-order valence-corrected chi connectivity index (χ1v) is 5.09. The fourth-order valence-corrected chi connectivity index (χ4v) is 1.57. The maximum Gasteiger partial charge on any atom is 0.338 e. The summed E-state index contributed by atoms with van der Waals surface area (Å²) in [5.41, 5.74) is 0.417. The van der Waals surface area contributed by atoms with E-state index in [-0.39, 0.29) is 11.3 Å². The van der Waals surface area contributed by atoms with Crippen molar-refractivity contribution < 1.29 is 23.1 Å². The number of carbonyl (C=O) groups excluding carboxylic acids is 2. The SMILES string of the molecule is COC(=O)c1cc(F)ccc1-c1ccc(C=O)o1. The van der Waals surface area contributed by atoms with E-state index in [2.05, 4.69) is 4.74 Å². The third-order valence-electron chi connectivity index (χ3n) is 2.40. The van der Waals surface area contributed by atoms with E-state index >= 15 is 0 Å². The predicted octanol–water partition coefficient (Wildman–Crippen LogP) is 2.68. The zero-order valence-corrected chi connectivity index (χ0v) is 9.48. The molecule has 18 heavy (non-hydrogen) atoms. The molecule has 0 atom stereocenters. The molecule has 0 aliphatic carbocycles. The van der Waals surface area contributed by atoms with Crippen LogP contribution in [0.2, 0.25) is 0 Å². The summed E-state index contributed by atoms with van der Waals surface area (Å²) in [4.78, 5) is 22.1. The van der Waals surface area contributed by atoms with E-state index < -0.39 is 11.8 Å². The van der Waals surface area contributed by atoms with Gasteiger partial charge in [0.05, 0.1) is 12.7 Å². The van der Waals surface area contributed by atoms with Gasteiger partial charge in [0.15, 0.2) is 12.0 Å². The highest BCUT2D eigenvalue weighted by molar-refractivity contribution is 5.96. The van der Waals surface area contributed by atoms with Gasteiger partial charge < -0.3 is 9.15 Å². The summed E-state index contributed by atoms with van der Waals surface area (Å²) in [5, 5.41) is 0. The summed E-state index contributed by atoms with van der Waals surface area (Å²) in [6.07, 6.45) is 0.546. The molecule has 4 nitrogen and oxygen atoms in total. The molecule has 0 aliphatic rings. The van der Waals surface area contributed by atoms with Crippen molar-refractivity contribution >= 4 is 12.3 Å². The molecule has 2 aromatic rings. The van der Waals surface area contributed by atoms with Gasteiger partial charge in [-0.25, -0.2) is 9.18 Å². The number of carbonyl (C=O) groups is 2. The monoisotopic (exact) mass is 248 g/mol. The summed E-state index contributed by atoms with van der Waals surface area (Å²) >= 11 is 0. The van der Waals surface area contributed by atoms with Gasteiger partial charge in [-0.05, 0) is 30.3 Å². The number of esters is 1. The molecule has 1 aromatic carbocycles. The van der Waals surface area contributed by atoms with Gasteiger partial charge in [-0.2, -0.15) is 0 Å². The molecular weight excluding hydrogens is 239 g/mol. The van der Waals surface area contributed by atoms with E-state index in [1.165, 1.54) is 31.4 Å². The zero-order chi connectivity index (χ0) is 13.1. The standard InChI is InChI=1S/C13H9FO4/c1-17-13(16)11-6-8(14)2-4-10(11)12-5-3-9(7-15)18-12/h2-7H,1H3. The Labute approximate surface area is 102 Å². The molecule has 0 saturated carbocycles. The van der Waals surface area contributed by atoms with Crippen molar-refractivity contribution in [1.29, 1.82) is 0 Å². The van der Waals surface area contributed by atoms with Crippen molar-refractivity contribution in [2.45, 2.75) is 0 Å². The first-order chi connectivity index (χ1) is 8.65. The second kappa shape index (κ2) is 4.83. The van der Waals surface area contributed by atoms with Crippen molar-refractivity contribution in [2.24, 2.45) is 0 Å². The molecule has 0 N–H and O–H groups in total. The summed E-state index contributed by atoms with van der Waals surface area (Å²) in [7, 11) is 1.20. The van der Waals surface area contributed by atoms with Crippen molar-refractivity contribution in [2.75, 3.05) is 7.11 Å². The van der Waals surface area contributed by atoms with Crippen LogP contribution in [0.3, 0.4) is 0 Å². The van der Waals surface area contributed by atoms with E-state index in [0.29, 0.717) is 17.6 Å². The molecule has 0 amide bonds. The highest BCUT2D eigenvalue weighted by atomic mass is 19.1. The molecule has 0 aliphatic heterocycles. The van der Waals surface area contributed by atoms with Crippen LogP contribution in [0.15, 0.2) is 34.7 Å². The van der Waals surface area contributed by atoms with E-state index in [0.717, 1.165) is 6.07 Å². The van der Waals surface area contributed by atoms with Crippen molar-refractivity contribution in [3.05, 3.63) is 47.5 Å². The first-order valence-electron chi connectivity index (χ1n) is 5.09. The maximum atomic E-state index is 13.1. The topological polar surface area (TPSA) is 56.5 Å². The Kier molecular flexibility index (Phi) is 3.23. The summed E-state index contributed by atoms with van der Waals surface area (Å²) in [6, 6.07) is 6.65. The van der Waals surface area contributed by atoms with Gasteiger partial charge in [0.2, 0.25) is 0 Å². The Hall–Kier alpha value is -2.43. The van der Waals surface area contributed by atoms with Crippen LogP contribution in [-0.2, 0) is 4.74 Å². The number of hydrogen-bond donors (Lipinski definition) is 0. The predicted molar refractivity (Wildman–Crippen MR) is 60.8 cm³/mol. The third kappa shape index (κ3) is 2.15. The Morgan fingerprint density at radius 2 is 2.11 bits per heavy atom. The molecule has 5 heteroatoms. The van der Waals surface area contributed by atoms with Gasteiger partial charge in [0, 0.05) is 5.56 Å². The quantitative estimate of drug-likeness (QED) is 0.619. The molecule has 0 fully saturated rings. The number of rotatable bonds is 3. The largest absolute Gasteiger partial charge is 0.465 e. The third-order valence-corrected chi connectivity index (χ3v) is 2.40. The molecular formula is C13H9FO4. The fraction of sp³-hybridized carbons (Fsp3) is 0.0769. The molecule has 2 rings (SSSR count). The van der Waals surface area contributed by atoms with Crippen molar-refractivity contribution in [3.63, 3.8) is 0 Å². The second-order valence-electron chi connectivity index (χ2n) is 3.50. The Morgan fingerprint density at radius 3 is 2.72 bits per heavy atom. The van der Waals surface area contributed by atoms with Crippen LogP contribution in [0.25, 0.3) is 11.3 Å². The molecule has 0 bridgehead atoms. The van der Waals surface area contributed by atoms with E-state index in [1.54, 1.807) is 0 Å². The molecule has 0 unspecified atom stereocenters. The number of aldehydes is 1. The van der Waals surface area contributed by atoms with Gasteiger partial charge in [0.1, 0.15) is 11.6 Å². The van der Waals surface area contributed by atoms with Gasteiger partial charge in [0.25, 0.3) is 0 Å². The van der Waals surface area contributed by atoms with E-state index in [9.17, 15) is 14.0 Å². The first kappa shape index (κ1) is 12.0. The highest BCUT2D eigenvalue weighted by Gasteiger charge is 2.16. The van der Waals surface area contributed by atoms with Crippen LogP contribution in [0, 0.1) is 5.82 Å². The average Bonchev–Trinajstić information content (AvgIpc) is 2.86. The number of ether oxygens (including phenoxy) is 1. The van der Waals surface area contributed by atoms with Crippen LogP contribution in [0.1, 0.15) is 20.9 Å². The highest BCUT2D eigenvalue weighted by Crippen LogP contribution is 2.26. The van der Waals surface area contributed by atoms with Gasteiger partial charge in [-0.15, -0.1) is 0 Å². The molecule has 0 radical (unpaired) electrons. The second-order valence-corrected chi connectivity index (χ2v) is 3.50. The molecule has 1 heterocycles. The van der Waals surface area contributed by atoms with Crippen LogP contribution in [0.4, 0.5) is 4.39 Å². The van der Waals surface area contributed by atoms with Crippen LogP contribution < -0.4 is 0 Å². The summed E-state index contributed by atoms with van der Waals surface area (Å²) in [6.45, 7) is 0. The molecule has 0 saturated heterocycles. The minimum Gasteiger partial charge on any atom is -0.465 e. The fourth-order valence-electron chi connectivity index (χ4n) is 1.57. The van der Waals surface area contributed by atoms with Crippen LogP contribution in [-0.4, -0.2) is 19.4 Å². The summed E-state index contributed by atoms with van der Waals surface area (Å²) < 4.78 is 22.9. The summed E-state index contributed by atoms with van der Waals surface area (Å²) in [5.74, 6) is -0.794. The lowest BCUT2D eigenvalue weighted by atomic mass is 10.1. The Bertz CT molecular complexity index is 601. The molecule has 1 aromatic heterocycles. The van der Waals surface area contributed by atoms with Gasteiger partial charge >= 0.3 is 5.97 Å². The molecule has 92 valence electrons. The normalized spacial score (nSPS) is 10.1. The minimum atomic E-state index is -0.673. The number of benzene rings is 1. The smallest absolute Gasteiger partial charge is 0.338 e. The van der Waals surface area contributed by atoms with Gasteiger partial charge in [-0.3, -0.25) is 4.79 Å². The lowest BCUT2D eigenvalue weighted by Gasteiger charge is -2.05. The average molecular weight is 248 g/mol. The van der Waals surface area contributed by atoms with E-state index in [1.807, 2.05) is 0 Å². The Balaban J connectivity index is 2.55. The lowest BCUT2D eigenvalue weighted by molar-refractivity contribution is 0.0601. The van der Waals surface area contributed by atoms with Crippen LogP contribution in [0.5, 0.6) is 0 Å². The molecule has 0 spiro atoms. The van der Waals surface area contributed by atoms with Gasteiger partial charge in [-0.1, -0.05) is 0 Å². The number of hydrogen-bond acceptors (Lipinski definition) is 4. The maximum absolute atomic E-state index is 13.1.